The van der Waals surface area contributed by atoms with Crippen LogP contribution in [0.2, 0.25) is 0 Å². The van der Waals surface area contributed by atoms with Crippen molar-refractivity contribution in [2.45, 2.75) is 6.42 Å². The zero-order valence-electron chi connectivity index (χ0n) is 5.09. The summed E-state index contributed by atoms with van der Waals surface area (Å²) in [6, 6.07) is 0. The van der Waals surface area contributed by atoms with Crippen LogP contribution in [0.1, 0.15) is 6.42 Å². The van der Waals surface area contributed by atoms with Crippen molar-refractivity contribution in [1.29, 1.82) is 0 Å². The number of aliphatic hydroxyl groups is 1. The van der Waals surface area contributed by atoms with E-state index in [4.69, 9.17) is 5.11 Å². The molecule has 1 N–H and O–H groups in total. The molecule has 0 aromatic carbocycles. The summed E-state index contributed by atoms with van der Waals surface area (Å²) in [5.41, 5.74) is 0. The number of ketones is 1. The minimum absolute atomic E-state index is 0. The predicted molar refractivity (Wildman–Crippen MR) is 21.7 cm³/mol. The Hall–Kier alpha value is 0.736. The zero-order valence-corrected chi connectivity index (χ0v) is 8.21. The summed E-state index contributed by atoms with van der Waals surface area (Å²) in [6.07, 6.45) is -0.359. The van der Waals surface area contributed by atoms with Crippen LogP contribution in [0.3, 0.4) is 0 Å². The van der Waals surface area contributed by atoms with Gasteiger partial charge in [0.1, 0.15) is 5.97 Å². The fraction of sp³-hybridized carbons (Fsp3) is 0.500. The van der Waals surface area contributed by atoms with Crippen LogP contribution in [0, 0.1) is 0 Å². The molecule has 0 aromatic heterocycles. The van der Waals surface area contributed by atoms with Crippen LogP contribution in [0.5, 0.6) is 0 Å². The molecule has 0 spiro atoms. The molecule has 0 aliphatic carbocycles. The summed E-state index contributed by atoms with van der Waals surface area (Å²) >= 11 is 0. The largest absolute Gasteiger partial charge is 1.00 e. The maximum atomic E-state index is 9.92. The second kappa shape index (κ2) is 6.85. The van der Waals surface area contributed by atoms with Crippen LogP contribution >= 0.6 is 0 Å². The molecule has 0 aromatic rings. The summed E-state index contributed by atoms with van der Waals surface area (Å²) in [5, 5.41) is 17.5. The number of carbonyl (C=O) groups is 2. The number of Topliss-reactive ketones (excluding diaryl/α,β-unsaturated/α-hetero) is 1. The first kappa shape index (κ1) is 12.4. The van der Waals surface area contributed by atoms with E-state index in [2.05, 4.69) is 0 Å². The smallest absolute Gasteiger partial charge is 0.542 e. The van der Waals surface area contributed by atoms with E-state index in [-0.39, 0.29) is 57.8 Å². The number of aliphatic hydroxyl groups excluding tert-OH is 1. The number of hydrogen-bond acceptors (Lipinski definition) is 4. The van der Waals surface area contributed by atoms with Crippen LogP contribution in [-0.4, -0.2) is 23.5 Å². The zero-order chi connectivity index (χ0) is 6.57. The quantitative estimate of drug-likeness (QED) is 0.327. The monoisotopic (exact) mass is 156 g/mol. The molecular formula is C4H5KO4. The van der Waals surface area contributed by atoms with Crippen LogP contribution < -0.4 is 56.5 Å². The molecule has 0 aliphatic rings. The summed E-state index contributed by atoms with van der Waals surface area (Å²) in [7, 11) is 0. The van der Waals surface area contributed by atoms with Gasteiger partial charge in [0.25, 0.3) is 0 Å². The molecule has 0 amide bonds. The molecule has 46 valence electrons. The third kappa shape index (κ3) is 6.62. The first-order valence-corrected chi connectivity index (χ1v) is 2.03. The Morgan fingerprint density at radius 2 is 1.89 bits per heavy atom. The van der Waals surface area contributed by atoms with E-state index in [0.29, 0.717) is 0 Å². The van der Waals surface area contributed by atoms with Gasteiger partial charge in [-0.15, -0.1) is 0 Å². The van der Waals surface area contributed by atoms with E-state index >= 15 is 0 Å². The first-order valence-electron chi connectivity index (χ1n) is 2.03. The Bertz CT molecular complexity index is 111. The minimum Gasteiger partial charge on any atom is -0.542 e. The third-order valence-corrected chi connectivity index (χ3v) is 0.567. The Morgan fingerprint density at radius 1 is 1.44 bits per heavy atom. The molecule has 0 radical (unpaired) electrons. The van der Waals surface area contributed by atoms with Gasteiger partial charge in [0.15, 0.2) is 5.78 Å². The SMILES string of the molecule is O=C([O-])C(=O)CCO.[K+]. The van der Waals surface area contributed by atoms with E-state index in [0.717, 1.165) is 0 Å². The maximum Gasteiger partial charge on any atom is 1.00 e. The Labute approximate surface area is 94.7 Å². The van der Waals surface area contributed by atoms with Crippen LogP contribution in [0.4, 0.5) is 0 Å². The van der Waals surface area contributed by atoms with Gasteiger partial charge < -0.3 is 15.0 Å². The van der Waals surface area contributed by atoms with Crippen molar-refractivity contribution in [1.82, 2.24) is 0 Å². The molecule has 0 bridgehead atoms. The average molecular weight is 156 g/mol. The van der Waals surface area contributed by atoms with Gasteiger partial charge in [-0.25, -0.2) is 0 Å². The normalized spacial score (nSPS) is 7.67. The minimum atomic E-state index is -1.74. The van der Waals surface area contributed by atoms with Crippen LogP contribution in [-0.2, 0) is 9.59 Å². The van der Waals surface area contributed by atoms with Crippen LogP contribution in [0.15, 0.2) is 0 Å². The molecule has 5 heteroatoms. The fourth-order valence-corrected chi connectivity index (χ4v) is 0.204. The van der Waals surface area contributed by atoms with Crippen LogP contribution in [0.25, 0.3) is 0 Å². The van der Waals surface area contributed by atoms with Gasteiger partial charge in [-0.05, 0) is 0 Å². The van der Waals surface area contributed by atoms with Crippen molar-refractivity contribution >= 4 is 11.8 Å². The summed E-state index contributed by atoms with van der Waals surface area (Å²) in [4.78, 5) is 19.4. The molecular weight excluding hydrogens is 151 g/mol. The molecule has 0 aliphatic heterocycles. The molecule has 4 nitrogen and oxygen atoms in total. The Kier molecular flexibility index (Phi) is 9.45. The number of carboxylic acid groups (broad SMARTS) is 1. The molecule has 9 heavy (non-hydrogen) atoms. The molecule has 0 unspecified atom stereocenters. The first-order chi connectivity index (χ1) is 3.68. The van der Waals surface area contributed by atoms with Gasteiger partial charge in [0.05, 0.1) is 6.61 Å². The van der Waals surface area contributed by atoms with Gasteiger partial charge in [-0.3, -0.25) is 4.79 Å². The van der Waals surface area contributed by atoms with Crippen molar-refractivity contribution in [3.8, 4) is 0 Å². The summed E-state index contributed by atoms with van der Waals surface area (Å²) in [6.45, 7) is -0.438. The number of carboxylic acids is 1. The van der Waals surface area contributed by atoms with Gasteiger partial charge >= 0.3 is 51.4 Å². The predicted octanol–water partition coefficient (Wildman–Crippen LogP) is -5.31. The van der Waals surface area contributed by atoms with E-state index < -0.39 is 18.4 Å². The number of aliphatic carboxylic acids is 1. The van der Waals surface area contributed by atoms with E-state index in [9.17, 15) is 14.7 Å². The third-order valence-electron chi connectivity index (χ3n) is 0.567. The standard InChI is InChI=1S/C4H6O4.K/c5-2-1-3(6)4(7)8;/h5H,1-2H2,(H,7,8);/q;+1/p-1. The molecule has 0 saturated heterocycles. The molecule has 0 atom stereocenters. The molecule has 0 saturated carbocycles. The Balaban J connectivity index is 0. The van der Waals surface area contributed by atoms with Crippen molar-refractivity contribution in [3.63, 3.8) is 0 Å². The average Bonchev–Trinajstić information content (AvgIpc) is 1.67. The van der Waals surface area contributed by atoms with E-state index in [1.54, 1.807) is 0 Å². The van der Waals surface area contributed by atoms with Gasteiger partial charge in [-0.1, -0.05) is 0 Å². The molecule has 0 fully saturated rings. The van der Waals surface area contributed by atoms with E-state index in [1.807, 2.05) is 0 Å². The topological polar surface area (TPSA) is 77.4 Å². The van der Waals surface area contributed by atoms with Gasteiger partial charge in [-0.2, -0.15) is 0 Å². The van der Waals surface area contributed by atoms with Crippen molar-refractivity contribution < 1.29 is 71.2 Å². The maximum absolute atomic E-state index is 9.92. The molecule has 0 heterocycles. The van der Waals surface area contributed by atoms with Gasteiger partial charge in [0.2, 0.25) is 0 Å². The van der Waals surface area contributed by atoms with E-state index in [1.165, 1.54) is 0 Å². The van der Waals surface area contributed by atoms with Crippen molar-refractivity contribution in [2.75, 3.05) is 6.61 Å². The fourth-order valence-electron chi connectivity index (χ4n) is 0.204. The second-order valence-corrected chi connectivity index (χ2v) is 1.18. The summed E-state index contributed by atoms with van der Waals surface area (Å²) in [5.74, 6) is -2.80. The second-order valence-electron chi connectivity index (χ2n) is 1.18. The number of hydrogen-bond donors (Lipinski definition) is 1. The van der Waals surface area contributed by atoms with Crippen molar-refractivity contribution in [2.24, 2.45) is 0 Å². The number of rotatable bonds is 3. The Morgan fingerprint density at radius 3 is 2.00 bits per heavy atom. The summed E-state index contributed by atoms with van der Waals surface area (Å²) < 4.78 is 0. The number of carbonyl (C=O) groups excluding carboxylic acids is 2. The van der Waals surface area contributed by atoms with Gasteiger partial charge in [0, 0.05) is 6.42 Å². The molecule has 0 rings (SSSR count). The van der Waals surface area contributed by atoms with Crippen molar-refractivity contribution in [3.05, 3.63) is 0 Å².